The molecule has 106 valence electrons. The summed E-state index contributed by atoms with van der Waals surface area (Å²) in [5, 5.41) is 0. The van der Waals surface area contributed by atoms with E-state index in [1.807, 2.05) is 20.8 Å². The summed E-state index contributed by atoms with van der Waals surface area (Å²) < 4.78 is 36.1. The Kier molecular flexibility index (Phi) is 5.57. The van der Waals surface area contributed by atoms with E-state index < -0.39 is 17.4 Å². The van der Waals surface area contributed by atoms with E-state index in [0.29, 0.717) is 6.61 Å². The topological polar surface area (TPSA) is 35.5 Å². The van der Waals surface area contributed by atoms with E-state index in [0.717, 1.165) is 12.1 Å². The first-order valence-corrected chi connectivity index (χ1v) is 5.99. The van der Waals surface area contributed by atoms with Gasteiger partial charge in [0.25, 0.3) is 0 Å². The van der Waals surface area contributed by atoms with Gasteiger partial charge in [0, 0.05) is 5.56 Å². The van der Waals surface area contributed by atoms with Crippen molar-refractivity contribution in [2.75, 3.05) is 19.8 Å². The third-order valence-electron chi connectivity index (χ3n) is 2.24. The summed E-state index contributed by atoms with van der Waals surface area (Å²) in [6, 6.07) is 3.02. The third kappa shape index (κ3) is 5.89. The van der Waals surface area contributed by atoms with Gasteiger partial charge in [-0.2, -0.15) is 0 Å². The molecule has 0 saturated carbocycles. The lowest BCUT2D eigenvalue weighted by Gasteiger charge is -2.19. The van der Waals surface area contributed by atoms with Gasteiger partial charge in [0.05, 0.1) is 18.8 Å². The zero-order valence-corrected chi connectivity index (χ0v) is 11.3. The van der Waals surface area contributed by atoms with Crippen molar-refractivity contribution in [2.45, 2.75) is 26.4 Å². The maximum Gasteiger partial charge on any atom is 0.188 e. The molecule has 0 aliphatic rings. The second kappa shape index (κ2) is 6.73. The van der Waals surface area contributed by atoms with Crippen molar-refractivity contribution >= 4 is 5.78 Å². The van der Waals surface area contributed by atoms with Crippen LogP contribution in [0.25, 0.3) is 0 Å². The average Bonchev–Trinajstić information content (AvgIpc) is 2.30. The fraction of sp³-hybridized carbons (Fsp3) is 0.500. The number of carbonyl (C=O) groups excluding carboxylic acids is 1. The second-order valence-electron chi connectivity index (χ2n) is 5.07. The van der Waals surface area contributed by atoms with E-state index in [9.17, 15) is 13.6 Å². The van der Waals surface area contributed by atoms with Crippen molar-refractivity contribution in [3.8, 4) is 0 Å². The molecule has 1 rings (SSSR count). The van der Waals surface area contributed by atoms with Crippen LogP contribution in [-0.4, -0.2) is 31.2 Å². The molecule has 0 radical (unpaired) electrons. The number of carbonyl (C=O) groups is 1. The zero-order valence-electron chi connectivity index (χ0n) is 11.3. The summed E-state index contributed by atoms with van der Waals surface area (Å²) in [4.78, 5) is 11.6. The Morgan fingerprint density at radius 2 is 1.84 bits per heavy atom. The van der Waals surface area contributed by atoms with Crippen LogP contribution in [-0.2, 0) is 9.47 Å². The van der Waals surface area contributed by atoms with Crippen molar-refractivity contribution in [1.29, 1.82) is 0 Å². The van der Waals surface area contributed by atoms with E-state index in [4.69, 9.17) is 9.47 Å². The molecule has 3 nitrogen and oxygen atoms in total. The summed E-state index contributed by atoms with van der Waals surface area (Å²) in [7, 11) is 0. The van der Waals surface area contributed by atoms with Gasteiger partial charge in [-0.15, -0.1) is 0 Å². The van der Waals surface area contributed by atoms with Crippen LogP contribution < -0.4 is 0 Å². The first kappa shape index (κ1) is 15.7. The Hall–Kier alpha value is -1.33. The first-order chi connectivity index (χ1) is 8.79. The van der Waals surface area contributed by atoms with Crippen molar-refractivity contribution in [1.82, 2.24) is 0 Å². The molecule has 0 fully saturated rings. The number of Topliss-reactive ketones (excluding diaryl/α,β-unsaturated/α-hetero) is 1. The van der Waals surface area contributed by atoms with Gasteiger partial charge in [0.2, 0.25) is 0 Å². The number of ketones is 1. The number of rotatable bonds is 6. The van der Waals surface area contributed by atoms with E-state index >= 15 is 0 Å². The van der Waals surface area contributed by atoms with Crippen LogP contribution in [0.4, 0.5) is 8.78 Å². The van der Waals surface area contributed by atoms with E-state index in [-0.39, 0.29) is 24.4 Å². The van der Waals surface area contributed by atoms with Crippen LogP contribution in [0.5, 0.6) is 0 Å². The summed E-state index contributed by atoms with van der Waals surface area (Å²) in [6.07, 6.45) is 0. The molecule has 0 bridgehead atoms. The highest BCUT2D eigenvalue weighted by Crippen LogP contribution is 2.09. The molecule has 0 saturated heterocycles. The molecule has 0 amide bonds. The van der Waals surface area contributed by atoms with Gasteiger partial charge in [0.15, 0.2) is 17.4 Å². The predicted molar refractivity (Wildman–Crippen MR) is 67.2 cm³/mol. The lowest BCUT2D eigenvalue weighted by Crippen LogP contribution is -2.22. The molecule has 5 heteroatoms. The minimum atomic E-state index is -1.04. The monoisotopic (exact) mass is 272 g/mol. The molecule has 0 spiro atoms. The maximum absolute atomic E-state index is 12.9. The molecule has 0 atom stereocenters. The van der Waals surface area contributed by atoms with E-state index in [1.54, 1.807) is 0 Å². The minimum Gasteiger partial charge on any atom is -0.373 e. The van der Waals surface area contributed by atoms with Gasteiger partial charge in [0.1, 0.15) is 6.61 Å². The molecular formula is C14H18F2O3. The first-order valence-electron chi connectivity index (χ1n) is 5.99. The highest BCUT2D eigenvalue weighted by Gasteiger charge is 2.11. The van der Waals surface area contributed by atoms with Gasteiger partial charge < -0.3 is 9.47 Å². The smallest absolute Gasteiger partial charge is 0.188 e. The van der Waals surface area contributed by atoms with E-state index in [1.165, 1.54) is 6.07 Å². The Labute approximate surface area is 111 Å². The van der Waals surface area contributed by atoms with Crippen LogP contribution in [0.3, 0.4) is 0 Å². The van der Waals surface area contributed by atoms with Crippen LogP contribution >= 0.6 is 0 Å². The molecule has 0 heterocycles. The fourth-order valence-electron chi connectivity index (χ4n) is 1.32. The molecular weight excluding hydrogens is 254 g/mol. The third-order valence-corrected chi connectivity index (χ3v) is 2.24. The number of benzene rings is 1. The highest BCUT2D eigenvalue weighted by molar-refractivity contribution is 5.97. The summed E-state index contributed by atoms with van der Waals surface area (Å²) in [6.45, 7) is 6.21. The number of hydrogen-bond donors (Lipinski definition) is 0. The van der Waals surface area contributed by atoms with Crippen LogP contribution in [0.1, 0.15) is 31.1 Å². The molecule has 0 aliphatic carbocycles. The molecule has 1 aromatic carbocycles. The fourth-order valence-corrected chi connectivity index (χ4v) is 1.32. The van der Waals surface area contributed by atoms with Gasteiger partial charge in [-0.25, -0.2) is 8.78 Å². The number of ether oxygens (including phenoxy) is 2. The Balaban J connectivity index is 2.33. The Morgan fingerprint density at radius 1 is 1.16 bits per heavy atom. The average molecular weight is 272 g/mol. The van der Waals surface area contributed by atoms with Crippen molar-refractivity contribution in [3.63, 3.8) is 0 Å². The van der Waals surface area contributed by atoms with Crippen molar-refractivity contribution in [2.24, 2.45) is 0 Å². The van der Waals surface area contributed by atoms with Crippen molar-refractivity contribution < 1.29 is 23.0 Å². The van der Waals surface area contributed by atoms with Gasteiger partial charge in [-0.3, -0.25) is 4.79 Å². The molecule has 1 aromatic rings. The van der Waals surface area contributed by atoms with Crippen LogP contribution in [0.2, 0.25) is 0 Å². The highest BCUT2D eigenvalue weighted by atomic mass is 19.2. The van der Waals surface area contributed by atoms with Gasteiger partial charge in [-0.05, 0) is 39.0 Å². The zero-order chi connectivity index (χ0) is 14.5. The van der Waals surface area contributed by atoms with Crippen LogP contribution in [0.15, 0.2) is 18.2 Å². The molecule has 0 aliphatic heterocycles. The quantitative estimate of drug-likeness (QED) is 0.590. The van der Waals surface area contributed by atoms with Crippen LogP contribution in [0, 0.1) is 11.6 Å². The molecule has 0 unspecified atom stereocenters. The summed E-state index contributed by atoms with van der Waals surface area (Å²) >= 11 is 0. The number of hydrogen-bond acceptors (Lipinski definition) is 3. The maximum atomic E-state index is 12.9. The Morgan fingerprint density at radius 3 is 2.42 bits per heavy atom. The summed E-state index contributed by atoms with van der Waals surface area (Å²) in [5.41, 5.74) is -0.163. The molecule has 0 N–H and O–H groups in total. The lowest BCUT2D eigenvalue weighted by atomic mass is 10.1. The van der Waals surface area contributed by atoms with Gasteiger partial charge >= 0.3 is 0 Å². The molecule has 0 aromatic heterocycles. The minimum absolute atomic E-state index is 0.0932. The summed E-state index contributed by atoms with van der Waals surface area (Å²) in [5.74, 6) is -2.41. The SMILES string of the molecule is CC(C)(C)OCCOCC(=O)c1ccc(F)c(F)c1. The normalized spacial score (nSPS) is 11.6. The Bertz CT molecular complexity index is 439. The lowest BCUT2D eigenvalue weighted by molar-refractivity contribution is -0.0324. The number of halogens is 2. The molecule has 19 heavy (non-hydrogen) atoms. The standard InChI is InChI=1S/C14H18F2O3/c1-14(2,3)19-7-6-18-9-13(17)10-4-5-11(15)12(16)8-10/h4-5,8H,6-7,9H2,1-3H3. The van der Waals surface area contributed by atoms with Gasteiger partial charge in [-0.1, -0.05) is 0 Å². The van der Waals surface area contributed by atoms with Crippen molar-refractivity contribution in [3.05, 3.63) is 35.4 Å². The largest absolute Gasteiger partial charge is 0.373 e. The second-order valence-corrected chi connectivity index (χ2v) is 5.07. The predicted octanol–water partition coefficient (Wildman–Crippen LogP) is 2.98. The van der Waals surface area contributed by atoms with E-state index in [2.05, 4.69) is 0 Å².